The SMILES string of the molecule is O=Cc1ccc(N2CCC(C(=O)NCc3c(F)ccc(F)c3F)CC2)cc1. The third kappa shape index (κ3) is 4.30. The Kier molecular flexibility index (Phi) is 5.78. The Labute approximate surface area is 155 Å². The molecule has 0 atom stereocenters. The number of nitrogens with one attached hydrogen (secondary N) is 1. The lowest BCUT2D eigenvalue weighted by molar-refractivity contribution is -0.125. The quantitative estimate of drug-likeness (QED) is 0.642. The third-order valence-electron chi connectivity index (χ3n) is 4.84. The van der Waals surface area contributed by atoms with E-state index < -0.39 is 23.0 Å². The van der Waals surface area contributed by atoms with E-state index in [1.807, 2.05) is 12.1 Å². The van der Waals surface area contributed by atoms with Gasteiger partial charge in [-0.15, -0.1) is 0 Å². The highest BCUT2D eigenvalue weighted by molar-refractivity contribution is 5.79. The summed E-state index contributed by atoms with van der Waals surface area (Å²) in [5, 5.41) is 2.50. The second kappa shape index (κ2) is 8.24. The van der Waals surface area contributed by atoms with Crippen molar-refractivity contribution in [2.75, 3.05) is 18.0 Å². The van der Waals surface area contributed by atoms with Crippen molar-refractivity contribution in [2.24, 2.45) is 5.92 Å². The van der Waals surface area contributed by atoms with E-state index in [0.717, 1.165) is 18.0 Å². The molecule has 3 rings (SSSR count). The minimum absolute atomic E-state index is 0.268. The number of aldehydes is 1. The van der Waals surface area contributed by atoms with E-state index in [2.05, 4.69) is 10.2 Å². The van der Waals surface area contributed by atoms with E-state index in [1.165, 1.54) is 0 Å². The molecule has 4 nitrogen and oxygen atoms in total. The van der Waals surface area contributed by atoms with Crippen LogP contribution >= 0.6 is 0 Å². The monoisotopic (exact) mass is 376 g/mol. The van der Waals surface area contributed by atoms with Gasteiger partial charge in [0.1, 0.15) is 12.1 Å². The number of amides is 1. The van der Waals surface area contributed by atoms with Crippen LogP contribution < -0.4 is 10.2 Å². The molecule has 27 heavy (non-hydrogen) atoms. The normalized spacial score (nSPS) is 14.9. The van der Waals surface area contributed by atoms with Crippen LogP contribution in [0.3, 0.4) is 0 Å². The largest absolute Gasteiger partial charge is 0.371 e. The summed E-state index contributed by atoms with van der Waals surface area (Å²) >= 11 is 0. The number of nitrogens with zero attached hydrogens (tertiary/aromatic N) is 1. The molecule has 142 valence electrons. The third-order valence-corrected chi connectivity index (χ3v) is 4.84. The van der Waals surface area contributed by atoms with Gasteiger partial charge in [0.2, 0.25) is 5.91 Å². The number of carbonyl (C=O) groups excluding carboxylic acids is 2. The summed E-state index contributed by atoms with van der Waals surface area (Å²) in [5.41, 5.74) is 1.10. The van der Waals surface area contributed by atoms with E-state index in [4.69, 9.17) is 0 Å². The van der Waals surface area contributed by atoms with Crippen LogP contribution in [0.25, 0.3) is 0 Å². The van der Waals surface area contributed by atoms with Gasteiger partial charge in [-0.1, -0.05) is 0 Å². The number of piperidine rings is 1. The minimum atomic E-state index is -1.27. The molecule has 0 unspecified atom stereocenters. The van der Waals surface area contributed by atoms with Crippen molar-refractivity contribution >= 4 is 17.9 Å². The Morgan fingerprint density at radius 2 is 1.67 bits per heavy atom. The first-order valence-corrected chi connectivity index (χ1v) is 8.70. The lowest BCUT2D eigenvalue weighted by atomic mass is 9.95. The maximum absolute atomic E-state index is 13.7. The molecule has 0 saturated carbocycles. The molecule has 1 aliphatic rings. The molecular weight excluding hydrogens is 357 g/mol. The standard InChI is InChI=1S/C20H19F3N2O2/c21-17-5-6-18(22)19(23)16(17)11-24-20(27)14-7-9-25(10-8-14)15-3-1-13(12-26)2-4-15/h1-6,12,14H,7-11H2,(H,24,27). The average Bonchev–Trinajstić information content (AvgIpc) is 2.71. The molecule has 1 amide bonds. The Hall–Kier alpha value is -2.83. The molecule has 0 bridgehead atoms. The number of carbonyl (C=O) groups is 2. The molecule has 1 N–H and O–H groups in total. The van der Waals surface area contributed by atoms with Crippen LogP contribution in [0.2, 0.25) is 0 Å². The Bertz CT molecular complexity index is 832. The van der Waals surface area contributed by atoms with Crippen LogP contribution in [0.5, 0.6) is 0 Å². The van der Waals surface area contributed by atoms with Gasteiger partial charge in [0.25, 0.3) is 0 Å². The Morgan fingerprint density at radius 1 is 1.04 bits per heavy atom. The van der Waals surface area contributed by atoms with E-state index in [0.29, 0.717) is 37.6 Å². The van der Waals surface area contributed by atoms with Gasteiger partial charge in [-0.25, -0.2) is 13.2 Å². The van der Waals surface area contributed by atoms with Crippen LogP contribution in [0.1, 0.15) is 28.8 Å². The highest BCUT2D eigenvalue weighted by atomic mass is 19.2. The molecular formula is C20H19F3N2O2. The van der Waals surface area contributed by atoms with Gasteiger partial charge in [-0.2, -0.15) is 0 Å². The van der Waals surface area contributed by atoms with E-state index >= 15 is 0 Å². The van der Waals surface area contributed by atoms with Crippen molar-refractivity contribution in [3.63, 3.8) is 0 Å². The number of halogens is 3. The fourth-order valence-corrected chi connectivity index (χ4v) is 3.21. The highest BCUT2D eigenvalue weighted by Gasteiger charge is 2.25. The van der Waals surface area contributed by atoms with Crippen LogP contribution in [-0.4, -0.2) is 25.3 Å². The van der Waals surface area contributed by atoms with Crippen molar-refractivity contribution in [1.82, 2.24) is 5.32 Å². The highest BCUT2D eigenvalue weighted by Crippen LogP contribution is 2.24. The molecule has 7 heteroatoms. The van der Waals surface area contributed by atoms with Crippen molar-refractivity contribution in [1.29, 1.82) is 0 Å². The van der Waals surface area contributed by atoms with Gasteiger partial charge in [0.05, 0.1) is 0 Å². The zero-order valence-electron chi connectivity index (χ0n) is 14.6. The fraction of sp³-hybridized carbons (Fsp3) is 0.300. The van der Waals surface area contributed by atoms with Crippen molar-refractivity contribution in [2.45, 2.75) is 19.4 Å². The van der Waals surface area contributed by atoms with Crippen LogP contribution in [-0.2, 0) is 11.3 Å². The summed E-state index contributed by atoms with van der Waals surface area (Å²) in [7, 11) is 0. The van der Waals surface area contributed by atoms with Gasteiger partial charge in [-0.05, 0) is 49.2 Å². The Morgan fingerprint density at radius 3 is 2.30 bits per heavy atom. The van der Waals surface area contributed by atoms with E-state index in [9.17, 15) is 22.8 Å². The van der Waals surface area contributed by atoms with Gasteiger partial charge >= 0.3 is 0 Å². The summed E-state index contributed by atoms with van der Waals surface area (Å²) in [6.45, 7) is 0.921. The second-order valence-electron chi connectivity index (χ2n) is 6.51. The average molecular weight is 376 g/mol. The van der Waals surface area contributed by atoms with Crippen LogP contribution in [0.15, 0.2) is 36.4 Å². The predicted octanol–water partition coefficient (Wildman–Crippen LogP) is 3.45. The molecule has 2 aromatic rings. The summed E-state index contributed by atoms with van der Waals surface area (Å²) < 4.78 is 40.5. The number of hydrogen-bond donors (Lipinski definition) is 1. The topological polar surface area (TPSA) is 49.4 Å². The molecule has 0 aliphatic carbocycles. The number of anilines is 1. The van der Waals surface area contributed by atoms with Crippen molar-refractivity contribution in [3.8, 4) is 0 Å². The van der Waals surface area contributed by atoms with Gasteiger partial charge < -0.3 is 10.2 Å². The van der Waals surface area contributed by atoms with Gasteiger partial charge in [0.15, 0.2) is 11.6 Å². The van der Waals surface area contributed by atoms with E-state index in [1.54, 1.807) is 12.1 Å². The molecule has 0 radical (unpaired) electrons. The maximum Gasteiger partial charge on any atom is 0.223 e. The zero-order chi connectivity index (χ0) is 19.4. The number of benzene rings is 2. The summed E-state index contributed by atoms with van der Waals surface area (Å²) in [6.07, 6.45) is 1.97. The Balaban J connectivity index is 1.54. The van der Waals surface area contributed by atoms with Crippen molar-refractivity contribution < 1.29 is 22.8 Å². The van der Waals surface area contributed by atoms with Crippen LogP contribution in [0.4, 0.5) is 18.9 Å². The first kappa shape index (κ1) is 18.9. The smallest absolute Gasteiger partial charge is 0.223 e. The second-order valence-corrected chi connectivity index (χ2v) is 6.51. The predicted molar refractivity (Wildman–Crippen MR) is 94.9 cm³/mol. The van der Waals surface area contributed by atoms with E-state index in [-0.39, 0.29) is 18.4 Å². The summed E-state index contributed by atoms with van der Waals surface area (Å²) in [4.78, 5) is 25.1. The lowest BCUT2D eigenvalue weighted by Crippen LogP contribution is -2.40. The fourth-order valence-electron chi connectivity index (χ4n) is 3.21. The van der Waals surface area contributed by atoms with Crippen LogP contribution in [0, 0.1) is 23.4 Å². The number of rotatable bonds is 5. The summed E-state index contributed by atoms with van der Waals surface area (Å²) in [5.74, 6) is -3.87. The molecule has 0 aromatic heterocycles. The maximum atomic E-state index is 13.7. The lowest BCUT2D eigenvalue weighted by Gasteiger charge is -2.33. The first-order chi connectivity index (χ1) is 13.0. The van der Waals surface area contributed by atoms with Gasteiger partial charge in [-0.3, -0.25) is 9.59 Å². The molecule has 2 aromatic carbocycles. The first-order valence-electron chi connectivity index (χ1n) is 8.70. The molecule has 1 saturated heterocycles. The molecule has 1 heterocycles. The van der Waals surface area contributed by atoms with Gasteiger partial charge in [0, 0.05) is 42.4 Å². The zero-order valence-corrected chi connectivity index (χ0v) is 14.6. The van der Waals surface area contributed by atoms with Crippen molar-refractivity contribution in [3.05, 3.63) is 65.0 Å². The molecule has 1 fully saturated rings. The molecule has 0 spiro atoms. The molecule has 1 aliphatic heterocycles. The number of hydrogen-bond acceptors (Lipinski definition) is 3. The summed E-state index contributed by atoms with van der Waals surface area (Å²) in [6, 6.07) is 8.76. The minimum Gasteiger partial charge on any atom is -0.371 e.